The summed E-state index contributed by atoms with van der Waals surface area (Å²) >= 11 is 0. The molecule has 1 rings (SSSR count). The van der Waals surface area contributed by atoms with Gasteiger partial charge in [-0.3, -0.25) is 0 Å². The lowest BCUT2D eigenvalue weighted by atomic mass is 9.92. The van der Waals surface area contributed by atoms with E-state index in [-0.39, 0.29) is 5.75 Å². The smallest absolute Gasteiger partial charge is 0.126 e. The van der Waals surface area contributed by atoms with Gasteiger partial charge in [-0.2, -0.15) is 0 Å². The zero-order chi connectivity index (χ0) is 10.1. The van der Waals surface area contributed by atoms with Gasteiger partial charge >= 0.3 is 0 Å². The largest absolute Gasteiger partial charge is 0.507 e. The summed E-state index contributed by atoms with van der Waals surface area (Å²) in [5.41, 5.74) is 5.41. The predicted octanol–water partition coefficient (Wildman–Crippen LogP) is 1.89. The van der Waals surface area contributed by atoms with Crippen molar-refractivity contribution in [3.63, 3.8) is 0 Å². The van der Waals surface area contributed by atoms with Crippen LogP contribution in [-0.2, 0) is 5.54 Å². The molecule has 0 fully saturated rings. The zero-order valence-corrected chi connectivity index (χ0v) is 7.42. The summed E-state index contributed by atoms with van der Waals surface area (Å²) in [7, 11) is 0. The maximum atomic E-state index is 12.6. The summed E-state index contributed by atoms with van der Waals surface area (Å²) < 4.78 is 12.6. The van der Waals surface area contributed by atoms with Crippen molar-refractivity contribution < 1.29 is 9.50 Å². The summed E-state index contributed by atoms with van der Waals surface area (Å²) in [4.78, 5) is 0. The Kier molecular flexibility index (Phi) is 2.38. The van der Waals surface area contributed by atoms with Crippen LogP contribution < -0.4 is 5.73 Å². The predicted molar refractivity (Wildman–Crippen MR) is 49.8 cm³/mol. The fourth-order valence-electron chi connectivity index (χ4n) is 1.07. The first-order valence-electron chi connectivity index (χ1n) is 3.89. The van der Waals surface area contributed by atoms with Gasteiger partial charge in [0.1, 0.15) is 11.6 Å². The number of hydrogen-bond donors (Lipinski definition) is 2. The minimum Gasteiger partial charge on any atom is -0.507 e. The molecule has 1 unspecified atom stereocenters. The van der Waals surface area contributed by atoms with E-state index in [1.54, 1.807) is 6.92 Å². The van der Waals surface area contributed by atoms with Gasteiger partial charge in [0, 0.05) is 11.6 Å². The highest BCUT2D eigenvalue weighted by atomic mass is 19.1. The van der Waals surface area contributed by atoms with Gasteiger partial charge in [-0.25, -0.2) is 4.39 Å². The molecule has 3 N–H and O–H groups in total. The molecule has 13 heavy (non-hydrogen) atoms. The zero-order valence-electron chi connectivity index (χ0n) is 7.42. The Hall–Kier alpha value is -1.35. The molecule has 0 bridgehead atoms. The van der Waals surface area contributed by atoms with E-state index in [2.05, 4.69) is 6.58 Å². The number of rotatable bonds is 2. The van der Waals surface area contributed by atoms with Gasteiger partial charge in [0.2, 0.25) is 0 Å². The van der Waals surface area contributed by atoms with Gasteiger partial charge in [0.05, 0.1) is 5.54 Å². The molecule has 2 nitrogen and oxygen atoms in total. The first-order valence-corrected chi connectivity index (χ1v) is 3.89. The van der Waals surface area contributed by atoms with E-state index in [0.29, 0.717) is 5.56 Å². The van der Waals surface area contributed by atoms with Crippen molar-refractivity contribution in [2.24, 2.45) is 5.73 Å². The molecule has 0 spiro atoms. The van der Waals surface area contributed by atoms with Gasteiger partial charge in [0.15, 0.2) is 0 Å². The summed E-state index contributed by atoms with van der Waals surface area (Å²) in [5, 5.41) is 9.39. The number of halogens is 1. The maximum absolute atomic E-state index is 12.6. The Morgan fingerprint density at radius 1 is 1.62 bits per heavy atom. The second-order valence-electron chi connectivity index (χ2n) is 3.15. The normalized spacial score (nSPS) is 15.0. The molecule has 0 amide bonds. The summed E-state index contributed by atoms with van der Waals surface area (Å²) in [6, 6.07) is 3.74. The lowest BCUT2D eigenvalue weighted by Crippen LogP contribution is -2.30. The number of hydrogen-bond acceptors (Lipinski definition) is 2. The van der Waals surface area contributed by atoms with Crippen LogP contribution in [0.15, 0.2) is 30.9 Å². The van der Waals surface area contributed by atoms with Crippen LogP contribution in [0.1, 0.15) is 12.5 Å². The van der Waals surface area contributed by atoms with Crippen LogP contribution in [0.4, 0.5) is 4.39 Å². The fraction of sp³-hybridized carbons (Fsp3) is 0.200. The van der Waals surface area contributed by atoms with Crippen molar-refractivity contribution >= 4 is 0 Å². The third-order valence-electron chi connectivity index (χ3n) is 1.96. The Morgan fingerprint density at radius 2 is 2.23 bits per heavy atom. The number of phenols is 1. The van der Waals surface area contributed by atoms with Crippen LogP contribution in [0.2, 0.25) is 0 Å². The highest BCUT2D eigenvalue weighted by Gasteiger charge is 2.20. The molecule has 0 heterocycles. The number of nitrogens with two attached hydrogens (primary N) is 1. The second kappa shape index (κ2) is 3.18. The molecule has 3 heteroatoms. The molecule has 0 aromatic heterocycles. The fourth-order valence-corrected chi connectivity index (χ4v) is 1.07. The number of aromatic hydroxyl groups is 1. The third-order valence-corrected chi connectivity index (χ3v) is 1.96. The van der Waals surface area contributed by atoms with Gasteiger partial charge in [-0.15, -0.1) is 6.58 Å². The summed E-state index contributed by atoms with van der Waals surface area (Å²) in [6.07, 6.45) is 1.50. The Bertz CT molecular complexity index is 334. The molecular weight excluding hydrogens is 169 g/mol. The highest BCUT2D eigenvalue weighted by Crippen LogP contribution is 2.28. The van der Waals surface area contributed by atoms with E-state index in [1.807, 2.05) is 0 Å². The number of benzene rings is 1. The molecule has 0 aliphatic rings. The van der Waals surface area contributed by atoms with Gasteiger partial charge in [-0.1, -0.05) is 12.1 Å². The Balaban J connectivity index is 3.23. The Labute approximate surface area is 76.5 Å². The van der Waals surface area contributed by atoms with Crippen LogP contribution in [0, 0.1) is 5.82 Å². The van der Waals surface area contributed by atoms with Crippen LogP contribution in [0.3, 0.4) is 0 Å². The molecule has 0 saturated carbocycles. The van der Waals surface area contributed by atoms with Crippen molar-refractivity contribution in [1.82, 2.24) is 0 Å². The van der Waals surface area contributed by atoms with E-state index >= 15 is 0 Å². The van der Waals surface area contributed by atoms with Crippen molar-refractivity contribution in [2.45, 2.75) is 12.5 Å². The highest BCUT2D eigenvalue weighted by molar-refractivity contribution is 5.40. The summed E-state index contributed by atoms with van der Waals surface area (Å²) in [5.74, 6) is -0.633. The van der Waals surface area contributed by atoms with E-state index in [1.165, 1.54) is 18.2 Å². The average molecular weight is 181 g/mol. The minimum atomic E-state index is -0.836. The molecule has 1 atom stereocenters. The summed E-state index contributed by atoms with van der Waals surface area (Å²) in [6.45, 7) is 5.23. The number of phenolic OH excluding ortho intramolecular Hbond substituents is 1. The van der Waals surface area contributed by atoms with Gasteiger partial charge < -0.3 is 10.8 Å². The lowest BCUT2D eigenvalue weighted by molar-refractivity contribution is 0.446. The molecule has 0 aliphatic heterocycles. The SMILES string of the molecule is C=CC(C)(N)c1ccc(F)cc1O. The molecule has 1 aromatic carbocycles. The topological polar surface area (TPSA) is 46.2 Å². The average Bonchev–Trinajstić information content (AvgIpc) is 2.03. The van der Waals surface area contributed by atoms with Crippen LogP contribution >= 0.6 is 0 Å². The van der Waals surface area contributed by atoms with E-state index in [9.17, 15) is 9.50 Å². The van der Waals surface area contributed by atoms with Crippen LogP contribution in [0.5, 0.6) is 5.75 Å². The van der Waals surface area contributed by atoms with Crippen molar-refractivity contribution in [3.05, 3.63) is 42.2 Å². The van der Waals surface area contributed by atoms with Crippen molar-refractivity contribution in [3.8, 4) is 5.75 Å². The van der Waals surface area contributed by atoms with Gasteiger partial charge in [0.25, 0.3) is 0 Å². The van der Waals surface area contributed by atoms with Crippen LogP contribution in [-0.4, -0.2) is 5.11 Å². The molecule has 0 saturated heterocycles. The Morgan fingerprint density at radius 3 is 2.69 bits per heavy atom. The van der Waals surface area contributed by atoms with E-state index in [0.717, 1.165) is 6.07 Å². The molecule has 70 valence electrons. The molecule has 1 aromatic rings. The third kappa shape index (κ3) is 1.87. The first kappa shape index (κ1) is 9.74. The monoisotopic (exact) mass is 181 g/mol. The molecular formula is C10H12FNO. The van der Waals surface area contributed by atoms with Crippen molar-refractivity contribution in [2.75, 3.05) is 0 Å². The molecule has 0 radical (unpaired) electrons. The standard InChI is InChI=1S/C10H12FNO/c1-3-10(2,12)8-5-4-7(11)6-9(8)13/h3-6,13H,1,12H2,2H3. The van der Waals surface area contributed by atoms with Gasteiger partial charge in [-0.05, 0) is 13.0 Å². The quantitative estimate of drug-likeness (QED) is 0.684. The van der Waals surface area contributed by atoms with E-state index < -0.39 is 11.4 Å². The van der Waals surface area contributed by atoms with Crippen LogP contribution in [0.25, 0.3) is 0 Å². The lowest BCUT2D eigenvalue weighted by Gasteiger charge is -2.21. The molecule has 0 aliphatic carbocycles. The maximum Gasteiger partial charge on any atom is 0.126 e. The van der Waals surface area contributed by atoms with E-state index in [4.69, 9.17) is 5.73 Å². The van der Waals surface area contributed by atoms with Crippen molar-refractivity contribution in [1.29, 1.82) is 0 Å². The second-order valence-corrected chi connectivity index (χ2v) is 3.15. The first-order chi connectivity index (χ1) is 5.97. The minimum absolute atomic E-state index is 0.148.